The van der Waals surface area contributed by atoms with Crippen LogP contribution in [0.15, 0.2) is 18.3 Å². The van der Waals surface area contributed by atoms with Crippen LogP contribution in [-0.4, -0.2) is 29.5 Å². The molecule has 1 heterocycles. The van der Waals surface area contributed by atoms with E-state index in [0.29, 0.717) is 6.42 Å². The van der Waals surface area contributed by atoms with Crippen LogP contribution in [0.3, 0.4) is 0 Å². The molecule has 2 rings (SSSR count). The normalized spacial score (nSPS) is 23.4. The molecule has 3 nitrogen and oxygen atoms in total. The Morgan fingerprint density at radius 3 is 2.90 bits per heavy atom. The molecular formula is C15H23F3N2O. The molecule has 0 amide bonds. The van der Waals surface area contributed by atoms with Gasteiger partial charge in [-0.15, -0.1) is 0 Å². The third-order valence-electron chi connectivity index (χ3n) is 3.94. The zero-order valence-corrected chi connectivity index (χ0v) is 12.3. The van der Waals surface area contributed by atoms with Crippen molar-refractivity contribution in [3.8, 4) is 0 Å². The Morgan fingerprint density at radius 1 is 1.38 bits per heavy atom. The lowest BCUT2D eigenvalue weighted by atomic mass is 9.93. The van der Waals surface area contributed by atoms with Gasteiger partial charge in [-0.25, -0.2) is 0 Å². The molecule has 0 radical (unpaired) electrons. The molecule has 1 saturated carbocycles. The second-order valence-electron chi connectivity index (χ2n) is 5.58. The highest BCUT2D eigenvalue weighted by atomic mass is 19.4. The van der Waals surface area contributed by atoms with Crippen molar-refractivity contribution in [2.24, 2.45) is 0 Å². The second kappa shape index (κ2) is 7.31. The van der Waals surface area contributed by atoms with Crippen LogP contribution in [0, 0.1) is 0 Å². The van der Waals surface area contributed by atoms with E-state index >= 15 is 0 Å². The zero-order chi connectivity index (χ0) is 15.3. The molecule has 1 N–H and O–H groups in total. The highest BCUT2D eigenvalue weighted by Crippen LogP contribution is 2.24. The van der Waals surface area contributed by atoms with Crippen LogP contribution >= 0.6 is 0 Å². The Balaban J connectivity index is 1.76. The molecule has 0 bridgehead atoms. The molecular weight excluding hydrogens is 281 g/mol. The largest absolute Gasteiger partial charge is 0.411 e. The molecule has 1 fully saturated rings. The predicted octanol–water partition coefficient (Wildman–Crippen LogP) is 3.49. The zero-order valence-electron chi connectivity index (χ0n) is 12.3. The van der Waals surface area contributed by atoms with Gasteiger partial charge in [-0.2, -0.15) is 13.2 Å². The Labute approximate surface area is 123 Å². The van der Waals surface area contributed by atoms with E-state index in [2.05, 4.69) is 22.9 Å². The first-order valence-electron chi connectivity index (χ1n) is 7.53. The van der Waals surface area contributed by atoms with Gasteiger partial charge in [0, 0.05) is 31.0 Å². The summed E-state index contributed by atoms with van der Waals surface area (Å²) >= 11 is 0. The lowest BCUT2D eigenvalue weighted by molar-refractivity contribution is -0.188. The smallest absolute Gasteiger partial charge is 0.369 e. The summed E-state index contributed by atoms with van der Waals surface area (Å²) in [6, 6.07) is 4.31. The Kier molecular flexibility index (Phi) is 5.70. The minimum absolute atomic E-state index is 0.234. The third-order valence-corrected chi connectivity index (χ3v) is 3.94. The first kappa shape index (κ1) is 16.4. The molecule has 1 aliphatic carbocycles. The highest BCUT2D eigenvalue weighted by Gasteiger charge is 2.31. The molecule has 1 aromatic heterocycles. The number of alkyl halides is 3. The van der Waals surface area contributed by atoms with Gasteiger partial charge in [-0.3, -0.25) is 0 Å². The van der Waals surface area contributed by atoms with Gasteiger partial charge in [0.25, 0.3) is 0 Å². The van der Waals surface area contributed by atoms with E-state index < -0.39 is 12.8 Å². The van der Waals surface area contributed by atoms with Crippen molar-refractivity contribution in [3.63, 3.8) is 0 Å². The van der Waals surface area contributed by atoms with Gasteiger partial charge < -0.3 is 14.6 Å². The summed E-state index contributed by atoms with van der Waals surface area (Å²) in [6.45, 7) is 2.62. The summed E-state index contributed by atoms with van der Waals surface area (Å²) in [5, 5.41) is 3.44. The second-order valence-corrected chi connectivity index (χ2v) is 5.58. The van der Waals surface area contributed by atoms with Crippen molar-refractivity contribution in [2.75, 3.05) is 6.61 Å². The van der Waals surface area contributed by atoms with Crippen LogP contribution in [0.25, 0.3) is 0 Å². The van der Waals surface area contributed by atoms with Crippen LogP contribution in [-0.2, 0) is 17.8 Å². The molecule has 1 aromatic rings. The van der Waals surface area contributed by atoms with Gasteiger partial charge in [-0.1, -0.05) is 0 Å². The quantitative estimate of drug-likeness (QED) is 0.870. The van der Waals surface area contributed by atoms with Crippen LogP contribution in [0.5, 0.6) is 0 Å². The highest BCUT2D eigenvalue weighted by molar-refractivity contribution is 5.07. The average Bonchev–Trinajstić information content (AvgIpc) is 2.90. The van der Waals surface area contributed by atoms with E-state index in [4.69, 9.17) is 4.74 Å². The lowest BCUT2D eigenvalue weighted by Gasteiger charge is -2.30. The van der Waals surface area contributed by atoms with Crippen LogP contribution < -0.4 is 5.32 Å². The van der Waals surface area contributed by atoms with Gasteiger partial charge in [0.15, 0.2) is 0 Å². The average molecular weight is 304 g/mol. The summed E-state index contributed by atoms with van der Waals surface area (Å²) in [5.41, 5.74) is 1.20. The Hall–Kier alpha value is -1.01. The van der Waals surface area contributed by atoms with Crippen LogP contribution in [0.1, 0.15) is 38.3 Å². The van der Waals surface area contributed by atoms with E-state index in [0.717, 1.165) is 32.4 Å². The number of hydrogen-bond acceptors (Lipinski definition) is 2. The topological polar surface area (TPSA) is 26.2 Å². The van der Waals surface area contributed by atoms with Crippen molar-refractivity contribution in [1.82, 2.24) is 9.88 Å². The number of halogens is 3. The molecule has 1 aliphatic rings. The number of aromatic nitrogens is 1. The van der Waals surface area contributed by atoms with E-state index in [1.807, 2.05) is 12.3 Å². The number of nitrogens with one attached hydrogen (secondary N) is 1. The number of aryl methyl sites for hydroxylation is 1. The lowest BCUT2D eigenvalue weighted by Crippen LogP contribution is -2.38. The van der Waals surface area contributed by atoms with Crippen molar-refractivity contribution in [3.05, 3.63) is 24.0 Å². The maximum atomic E-state index is 12.2. The van der Waals surface area contributed by atoms with Crippen LogP contribution in [0.4, 0.5) is 13.2 Å². The molecule has 0 aromatic carbocycles. The molecule has 2 unspecified atom stereocenters. The summed E-state index contributed by atoms with van der Waals surface area (Å²) in [5.74, 6) is 0. The fraction of sp³-hybridized carbons (Fsp3) is 0.733. The minimum atomic E-state index is -4.23. The number of nitrogens with zero attached hydrogens (tertiary/aromatic N) is 1. The standard InChI is InChI=1S/C15H23F3N2O/c1-2-20-8-4-6-13(20)10-19-12-5-3-7-14(9-12)21-11-15(16,17)18/h4,6,8,12,14,19H,2-3,5,7,9-11H2,1H3. The summed E-state index contributed by atoms with van der Waals surface area (Å²) in [4.78, 5) is 0. The Bertz CT molecular complexity index is 431. The van der Waals surface area contributed by atoms with Crippen molar-refractivity contribution in [2.45, 2.75) is 64.0 Å². The van der Waals surface area contributed by atoms with E-state index in [1.165, 1.54) is 5.69 Å². The first-order valence-corrected chi connectivity index (χ1v) is 7.53. The van der Waals surface area contributed by atoms with Crippen molar-refractivity contribution in [1.29, 1.82) is 0 Å². The van der Waals surface area contributed by atoms with Crippen molar-refractivity contribution >= 4 is 0 Å². The molecule has 0 aliphatic heterocycles. The fourth-order valence-corrected chi connectivity index (χ4v) is 2.86. The number of rotatable bonds is 6. The molecule has 0 saturated heterocycles. The number of hydrogen-bond donors (Lipinski definition) is 1. The summed E-state index contributed by atoms with van der Waals surface area (Å²) < 4.78 is 43.7. The molecule has 2 atom stereocenters. The maximum Gasteiger partial charge on any atom is 0.411 e. The Morgan fingerprint density at radius 2 is 2.19 bits per heavy atom. The number of ether oxygens (including phenoxy) is 1. The van der Waals surface area contributed by atoms with Gasteiger partial charge >= 0.3 is 6.18 Å². The maximum absolute atomic E-state index is 12.2. The minimum Gasteiger partial charge on any atom is -0.369 e. The van der Waals surface area contributed by atoms with Gasteiger partial charge in [0.2, 0.25) is 0 Å². The molecule has 120 valence electrons. The monoisotopic (exact) mass is 304 g/mol. The predicted molar refractivity (Wildman–Crippen MR) is 75.0 cm³/mol. The van der Waals surface area contributed by atoms with Crippen LogP contribution in [0.2, 0.25) is 0 Å². The molecule has 6 heteroatoms. The molecule has 0 spiro atoms. The van der Waals surface area contributed by atoms with Gasteiger partial charge in [-0.05, 0) is 44.7 Å². The summed E-state index contributed by atoms with van der Waals surface area (Å²) in [7, 11) is 0. The summed E-state index contributed by atoms with van der Waals surface area (Å²) in [6.07, 6.45) is 0.807. The van der Waals surface area contributed by atoms with Gasteiger partial charge in [0.1, 0.15) is 6.61 Å². The third kappa shape index (κ3) is 5.36. The van der Waals surface area contributed by atoms with E-state index in [1.54, 1.807) is 0 Å². The van der Waals surface area contributed by atoms with Crippen molar-refractivity contribution < 1.29 is 17.9 Å². The van der Waals surface area contributed by atoms with E-state index in [9.17, 15) is 13.2 Å². The fourth-order valence-electron chi connectivity index (χ4n) is 2.86. The SMILES string of the molecule is CCn1cccc1CNC1CCCC(OCC(F)(F)F)C1. The van der Waals surface area contributed by atoms with E-state index in [-0.39, 0.29) is 12.1 Å². The first-order chi connectivity index (χ1) is 9.98. The molecule has 21 heavy (non-hydrogen) atoms. The van der Waals surface area contributed by atoms with Gasteiger partial charge in [0.05, 0.1) is 6.10 Å².